The van der Waals surface area contributed by atoms with Gasteiger partial charge in [-0.05, 0) is 48.2 Å². The summed E-state index contributed by atoms with van der Waals surface area (Å²) in [5, 5.41) is 11.5. The number of hydrogen-bond donors (Lipinski definition) is 2. The molecule has 0 aliphatic rings. The van der Waals surface area contributed by atoms with Crippen molar-refractivity contribution < 1.29 is 23.8 Å². The molecule has 0 aliphatic heterocycles. The van der Waals surface area contributed by atoms with Gasteiger partial charge >= 0.3 is 5.97 Å². The van der Waals surface area contributed by atoms with Crippen LogP contribution in [0.25, 0.3) is 0 Å². The van der Waals surface area contributed by atoms with E-state index < -0.39 is 5.97 Å². The summed E-state index contributed by atoms with van der Waals surface area (Å²) in [5.41, 5.74) is 1.80. The van der Waals surface area contributed by atoms with Crippen molar-refractivity contribution in [2.75, 3.05) is 13.2 Å². The van der Waals surface area contributed by atoms with E-state index in [1.54, 1.807) is 24.3 Å². The maximum atomic E-state index is 13.0. The predicted molar refractivity (Wildman–Crippen MR) is 95.7 cm³/mol. The Morgan fingerprint density at radius 1 is 1.12 bits per heavy atom. The van der Waals surface area contributed by atoms with Crippen molar-refractivity contribution in [3.8, 4) is 5.75 Å². The van der Waals surface area contributed by atoms with Crippen LogP contribution >= 0.6 is 0 Å². The van der Waals surface area contributed by atoms with Gasteiger partial charge in [0.1, 0.15) is 11.6 Å². The molecule has 2 aromatic rings. The van der Waals surface area contributed by atoms with Crippen molar-refractivity contribution in [2.45, 2.75) is 25.7 Å². The third-order valence-electron chi connectivity index (χ3n) is 4.00. The Morgan fingerprint density at radius 2 is 1.77 bits per heavy atom. The van der Waals surface area contributed by atoms with Gasteiger partial charge in [0.05, 0.1) is 5.92 Å². The molecule has 1 unspecified atom stereocenters. The molecular formula is C20H22FNO4. The summed E-state index contributed by atoms with van der Waals surface area (Å²) < 4.78 is 18.1. The summed E-state index contributed by atoms with van der Waals surface area (Å²) in [5.74, 6) is -1.24. The first-order valence-corrected chi connectivity index (χ1v) is 8.46. The summed E-state index contributed by atoms with van der Waals surface area (Å²) in [4.78, 5) is 22.8. The molecule has 26 heavy (non-hydrogen) atoms. The first-order chi connectivity index (χ1) is 12.5. The predicted octanol–water partition coefficient (Wildman–Crippen LogP) is 3.14. The van der Waals surface area contributed by atoms with Gasteiger partial charge in [0.15, 0.2) is 6.61 Å². The fourth-order valence-corrected chi connectivity index (χ4v) is 2.62. The van der Waals surface area contributed by atoms with Crippen LogP contribution in [-0.2, 0) is 16.0 Å². The molecule has 1 atom stereocenters. The second kappa shape index (κ2) is 9.56. The van der Waals surface area contributed by atoms with E-state index in [9.17, 15) is 14.0 Å². The lowest BCUT2D eigenvalue weighted by Crippen LogP contribution is -2.30. The van der Waals surface area contributed by atoms with Crippen LogP contribution in [0.2, 0.25) is 0 Å². The maximum absolute atomic E-state index is 13.0. The zero-order chi connectivity index (χ0) is 18.9. The second-order valence-corrected chi connectivity index (χ2v) is 5.88. The largest absolute Gasteiger partial charge is 0.482 e. The zero-order valence-corrected chi connectivity index (χ0v) is 14.6. The number of nitrogens with one attached hydrogen (secondary N) is 1. The molecule has 0 saturated carbocycles. The number of benzene rings is 2. The number of aliphatic carboxylic acids is 1. The molecule has 5 nitrogen and oxygen atoms in total. The third kappa shape index (κ3) is 5.88. The van der Waals surface area contributed by atoms with Crippen LogP contribution in [0.1, 0.15) is 30.4 Å². The first-order valence-electron chi connectivity index (χ1n) is 8.46. The number of carbonyl (C=O) groups excluding carboxylic acids is 1. The highest BCUT2D eigenvalue weighted by Crippen LogP contribution is 2.20. The van der Waals surface area contributed by atoms with Gasteiger partial charge in [-0.25, -0.2) is 9.18 Å². The molecule has 0 radical (unpaired) electrons. The van der Waals surface area contributed by atoms with Crippen LogP contribution in [0.15, 0.2) is 48.5 Å². The summed E-state index contributed by atoms with van der Waals surface area (Å²) in [6, 6.07) is 13.1. The average Bonchev–Trinajstić information content (AvgIpc) is 2.63. The Labute approximate surface area is 151 Å². The molecule has 1 amide bonds. The topological polar surface area (TPSA) is 75.6 Å². The lowest BCUT2D eigenvalue weighted by molar-refractivity contribution is -0.139. The van der Waals surface area contributed by atoms with Crippen LogP contribution in [0.5, 0.6) is 5.75 Å². The number of halogens is 1. The SMILES string of the molecule is CCC(C(=O)NCCc1ccc(OCC(=O)O)cc1)c1ccc(F)cc1. The molecule has 0 saturated heterocycles. The van der Waals surface area contributed by atoms with Crippen molar-refractivity contribution in [1.82, 2.24) is 5.32 Å². The van der Waals surface area contributed by atoms with Gasteiger partial charge in [-0.3, -0.25) is 4.79 Å². The smallest absolute Gasteiger partial charge is 0.341 e. The fourth-order valence-electron chi connectivity index (χ4n) is 2.62. The number of carboxylic acid groups (broad SMARTS) is 1. The summed E-state index contributed by atoms with van der Waals surface area (Å²) in [7, 11) is 0. The Kier molecular flexibility index (Phi) is 7.14. The Balaban J connectivity index is 1.83. The summed E-state index contributed by atoms with van der Waals surface area (Å²) >= 11 is 0. The van der Waals surface area contributed by atoms with Gasteiger partial charge in [0.25, 0.3) is 0 Å². The number of ether oxygens (including phenoxy) is 1. The standard InChI is InChI=1S/C20H22FNO4/c1-2-18(15-5-7-16(21)8-6-15)20(25)22-12-11-14-3-9-17(10-4-14)26-13-19(23)24/h3-10,18H,2,11-13H2,1H3,(H,22,25)(H,23,24). The minimum atomic E-state index is -1.02. The lowest BCUT2D eigenvalue weighted by Gasteiger charge is -2.15. The van der Waals surface area contributed by atoms with Crippen molar-refractivity contribution in [3.05, 3.63) is 65.5 Å². The van der Waals surface area contributed by atoms with E-state index in [-0.39, 0.29) is 24.2 Å². The summed E-state index contributed by atoms with van der Waals surface area (Å²) in [6.45, 7) is 2.02. The van der Waals surface area contributed by atoms with E-state index >= 15 is 0 Å². The van der Waals surface area contributed by atoms with Gasteiger partial charge in [-0.15, -0.1) is 0 Å². The van der Waals surface area contributed by atoms with Crippen LogP contribution in [0.3, 0.4) is 0 Å². The number of carbonyl (C=O) groups is 2. The van der Waals surface area contributed by atoms with Gasteiger partial charge in [-0.2, -0.15) is 0 Å². The molecule has 138 valence electrons. The monoisotopic (exact) mass is 359 g/mol. The molecule has 0 spiro atoms. The van der Waals surface area contributed by atoms with Crippen LogP contribution < -0.4 is 10.1 Å². The van der Waals surface area contributed by atoms with Crippen LogP contribution in [0.4, 0.5) is 4.39 Å². The Bertz CT molecular complexity index is 728. The van der Waals surface area contributed by atoms with Crippen LogP contribution in [0, 0.1) is 5.82 Å². The van der Waals surface area contributed by atoms with Gasteiger partial charge < -0.3 is 15.2 Å². The highest BCUT2D eigenvalue weighted by atomic mass is 19.1. The van der Waals surface area contributed by atoms with Crippen molar-refractivity contribution in [3.63, 3.8) is 0 Å². The summed E-state index contributed by atoms with van der Waals surface area (Å²) in [6.07, 6.45) is 1.28. The molecule has 2 rings (SSSR count). The molecule has 0 heterocycles. The Morgan fingerprint density at radius 3 is 2.35 bits per heavy atom. The molecule has 0 fully saturated rings. The van der Waals surface area contributed by atoms with Crippen molar-refractivity contribution in [1.29, 1.82) is 0 Å². The molecule has 6 heteroatoms. The number of carboxylic acids is 1. The van der Waals surface area contributed by atoms with Gasteiger partial charge in [-0.1, -0.05) is 31.2 Å². The minimum absolute atomic E-state index is 0.0829. The molecule has 0 bridgehead atoms. The fraction of sp³-hybridized carbons (Fsp3) is 0.300. The molecule has 0 aromatic heterocycles. The molecule has 2 aromatic carbocycles. The van der Waals surface area contributed by atoms with Gasteiger partial charge in [0, 0.05) is 6.54 Å². The molecular weight excluding hydrogens is 337 g/mol. The lowest BCUT2D eigenvalue weighted by atomic mass is 9.95. The normalized spacial score (nSPS) is 11.6. The average molecular weight is 359 g/mol. The van der Waals surface area contributed by atoms with E-state index in [0.717, 1.165) is 11.1 Å². The number of hydrogen-bond acceptors (Lipinski definition) is 3. The quantitative estimate of drug-likeness (QED) is 0.721. The highest BCUT2D eigenvalue weighted by molar-refractivity contribution is 5.83. The van der Waals surface area contributed by atoms with E-state index in [1.165, 1.54) is 12.1 Å². The number of rotatable bonds is 9. The molecule has 0 aliphatic carbocycles. The Hall–Kier alpha value is -2.89. The van der Waals surface area contributed by atoms with Crippen LogP contribution in [-0.4, -0.2) is 30.1 Å². The van der Waals surface area contributed by atoms with Crippen molar-refractivity contribution in [2.24, 2.45) is 0 Å². The number of amides is 1. The highest BCUT2D eigenvalue weighted by Gasteiger charge is 2.18. The van der Waals surface area contributed by atoms with Gasteiger partial charge in [0.2, 0.25) is 5.91 Å². The van der Waals surface area contributed by atoms with E-state index in [0.29, 0.717) is 25.1 Å². The zero-order valence-electron chi connectivity index (χ0n) is 14.6. The second-order valence-electron chi connectivity index (χ2n) is 5.88. The van der Waals surface area contributed by atoms with Crippen molar-refractivity contribution >= 4 is 11.9 Å². The maximum Gasteiger partial charge on any atom is 0.341 e. The van der Waals surface area contributed by atoms with E-state index in [2.05, 4.69) is 5.32 Å². The third-order valence-corrected chi connectivity index (χ3v) is 4.00. The van der Waals surface area contributed by atoms with E-state index in [1.807, 2.05) is 19.1 Å². The molecule has 2 N–H and O–H groups in total. The first kappa shape index (κ1) is 19.4. The van der Waals surface area contributed by atoms with E-state index in [4.69, 9.17) is 9.84 Å². The minimum Gasteiger partial charge on any atom is -0.482 e.